The van der Waals surface area contributed by atoms with Crippen LogP contribution < -0.4 is 10.6 Å². The van der Waals surface area contributed by atoms with Gasteiger partial charge < -0.3 is 10.6 Å². The second-order valence-corrected chi connectivity index (χ2v) is 5.56. The third-order valence-corrected chi connectivity index (χ3v) is 3.88. The van der Waals surface area contributed by atoms with Gasteiger partial charge in [-0.25, -0.2) is 0 Å². The van der Waals surface area contributed by atoms with E-state index in [1.165, 1.54) is 27.9 Å². The Morgan fingerprint density at radius 1 is 1.00 bits per heavy atom. The summed E-state index contributed by atoms with van der Waals surface area (Å²) >= 11 is 0. The second kappa shape index (κ2) is 6.10. The van der Waals surface area contributed by atoms with Crippen LogP contribution >= 0.6 is 0 Å². The van der Waals surface area contributed by atoms with Crippen molar-refractivity contribution >= 4 is 5.69 Å². The van der Waals surface area contributed by atoms with Gasteiger partial charge in [-0.2, -0.15) is 0 Å². The van der Waals surface area contributed by atoms with E-state index in [2.05, 4.69) is 75.2 Å². The molecule has 2 heteroatoms. The molecule has 0 aliphatic carbocycles. The van der Waals surface area contributed by atoms with Gasteiger partial charge in [-0.15, -0.1) is 0 Å². The van der Waals surface area contributed by atoms with E-state index in [-0.39, 0.29) is 6.04 Å². The van der Waals surface area contributed by atoms with Crippen molar-refractivity contribution in [2.24, 2.45) is 5.73 Å². The molecule has 2 rings (SSSR count). The van der Waals surface area contributed by atoms with Gasteiger partial charge in [0.25, 0.3) is 0 Å². The summed E-state index contributed by atoms with van der Waals surface area (Å²) in [5.41, 5.74) is 12.4. The Labute approximate surface area is 122 Å². The van der Waals surface area contributed by atoms with Crippen molar-refractivity contribution in [3.63, 3.8) is 0 Å². The number of hydrogen-bond acceptors (Lipinski definition) is 2. The van der Waals surface area contributed by atoms with Crippen molar-refractivity contribution < 1.29 is 0 Å². The quantitative estimate of drug-likeness (QED) is 0.915. The smallest absolute Gasteiger partial charge is 0.0664 e. The highest BCUT2D eigenvalue weighted by Gasteiger charge is 2.17. The topological polar surface area (TPSA) is 29.3 Å². The Kier molecular flexibility index (Phi) is 4.46. The number of aryl methyl sites for hydroxylation is 3. The SMILES string of the molecule is Cc1cccc(N(C)C(CN)c2ccc(C)cc2C)c1. The maximum Gasteiger partial charge on any atom is 0.0664 e. The minimum Gasteiger partial charge on any atom is -0.366 e. The van der Waals surface area contributed by atoms with Crippen LogP contribution in [0.25, 0.3) is 0 Å². The fraction of sp³-hybridized carbons (Fsp3) is 0.333. The summed E-state index contributed by atoms with van der Waals surface area (Å²) in [6, 6.07) is 15.3. The number of hydrogen-bond donors (Lipinski definition) is 1. The fourth-order valence-corrected chi connectivity index (χ4v) is 2.72. The van der Waals surface area contributed by atoms with E-state index in [0.29, 0.717) is 6.54 Å². The zero-order chi connectivity index (χ0) is 14.7. The van der Waals surface area contributed by atoms with Crippen LogP contribution in [-0.2, 0) is 0 Å². The van der Waals surface area contributed by atoms with Gasteiger partial charge in [-0.1, -0.05) is 35.9 Å². The van der Waals surface area contributed by atoms with Crippen LogP contribution in [0.1, 0.15) is 28.3 Å². The molecule has 1 atom stereocenters. The highest BCUT2D eigenvalue weighted by Crippen LogP contribution is 2.28. The van der Waals surface area contributed by atoms with Crippen molar-refractivity contribution in [3.05, 3.63) is 64.7 Å². The van der Waals surface area contributed by atoms with E-state index >= 15 is 0 Å². The molecule has 1 unspecified atom stereocenters. The molecular weight excluding hydrogens is 244 g/mol. The molecule has 0 radical (unpaired) electrons. The average Bonchev–Trinajstić information content (AvgIpc) is 2.41. The number of nitrogens with zero attached hydrogens (tertiary/aromatic N) is 1. The number of nitrogens with two attached hydrogens (primary N) is 1. The molecule has 0 heterocycles. The lowest BCUT2D eigenvalue weighted by atomic mass is 9.98. The molecule has 20 heavy (non-hydrogen) atoms. The molecule has 2 aromatic carbocycles. The van der Waals surface area contributed by atoms with Crippen molar-refractivity contribution in [1.82, 2.24) is 0 Å². The first-order chi connectivity index (χ1) is 9.52. The molecule has 0 bridgehead atoms. The summed E-state index contributed by atoms with van der Waals surface area (Å²) in [6.45, 7) is 7.01. The standard InChI is InChI=1S/C18H24N2/c1-13-6-5-7-16(11-13)20(4)18(12-19)17-9-8-14(2)10-15(17)3/h5-11,18H,12,19H2,1-4H3. The molecular formula is C18H24N2. The van der Waals surface area contributed by atoms with E-state index in [1.54, 1.807) is 0 Å². The van der Waals surface area contributed by atoms with Crippen LogP contribution in [-0.4, -0.2) is 13.6 Å². The van der Waals surface area contributed by atoms with E-state index in [4.69, 9.17) is 5.73 Å². The van der Waals surface area contributed by atoms with Gasteiger partial charge in [-0.3, -0.25) is 0 Å². The maximum atomic E-state index is 6.05. The minimum atomic E-state index is 0.206. The Morgan fingerprint density at radius 2 is 1.70 bits per heavy atom. The van der Waals surface area contributed by atoms with E-state index in [9.17, 15) is 0 Å². The van der Waals surface area contributed by atoms with Crippen LogP contribution in [0.3, 0.4) is 0 Å². The summed E-state index contributed by atoms with van der Waals surface area (Å²) in [7, 11) is 2.12. The average molecular weight is 268 g/mol. The van der Waals surface area contributed by atoms with Gasteiger partial charge in [0.2, 0.25) is 0 Å². The van der Waals surface area contributed by atoms with E-state index < -0.39 is 0 Å². The van der Waals surface area contributed by atoms with Crippen LogP contribution in [0.4, 0.5) is 5.69 Å². The number of anilines is 1. The molecule has 0 aliphatic heterocycles. The summed E-state index contributed by atoms with van der Waals surface area (Å²) in [5, 5.41) is 0. The molecule has 0 spiro atoms. The molecule has 0 saturated carbocycles. The number of rotatable bonds is 4. The molecule has 0 fully saturated rings. The van der Waals surface area contributed by atoms with Gasteiger partial charge >= 0.3 is 0 Å². The number of benzene rings is 2. The summed E-state index contributed by atoms with van der Waals surface area (Å²) in [6.07, 6.45) is 0. The first-order valence-electron chi connectivity index (χ1n) is 7.09. The lowest BCUT2D eigenvalue weighted by Crippen LogP contribution is -2.31. The Balaban J connectivity index is 2.36. The van der Waals surface area contributed by atoms with Gasteiger partial charge in [0.05, 0.1) is 6.04 Å². The number of likely N-dealkylation sites (N-methyl/N-ethyl adjacent to an activating group) is 1. The molecule has 0 aliphatic rings. The van der Waals surface area contributed by atoms with Gasteiger partial charge in [0.15, 0.2) is 0 Å². The van der Waals surface area contributed by atoms with Crippen molar-refractivity contribution in [1.29, 1.82) is 0 Å². The second-order valence-electron chi connectivity index (χ2n) is 5.56. The first kappa shape index (κ1) is 14.6. The van der Waals surface area contributed by atoms with Crippen molar-refractivity contribution in [2.45, 2.75) is 26.8 Å². The Morgan fingerprint density at radius 3 is 2.30 bits per heavy atom. The summed E-state index contributed by atoms with van der Waals surface area (Å²) in [4.78, 5) is 2.27. The predicted octanol–water partition coefficient (Wildman–Crippen LogP) is 3.75. The van der Waals surface area contributed by atoms with Gasteiger partial charge in [0.1, 0.15) is 0 Å². The molecule has 0 amide bonds. The van der Waals surface area contributed by atoms with E-state index in [1.807, 2.05) is 0 Å². The summed E-state index contributed by atoms with van der Waals surface area (Å²) < 4.78 is 0. The van der Waals surface area contributed by atoms with Crippen LogP contribution in [0.5, 0.6) is 0 Å². The fourth-order valence-electron chi connectivity index (χ4n) is 2.72. The first-order valence-corrected chi connectivity index (χ1v) is 7.09. The summed E-state index contributed by atoms with van der Waals surface area (Å²) in [5.74, 6) is 0. The minimum absolute atomic E-state index is 0.206. The van der Waals surface area contributed by atoms with Gasteiger partial charge in [-0.05, 0) is 49.6 Å². The Bertz CT molecular complexity index is 590. The van der Waals surface area contributed by atoms with Crippen LogP contribution in [0.2, 0.25) is 0 Å². The molecule has 2 N–H and O–H groups in total. The third kappa shape index (κ3) is 3.02. The lowest BCUT2D eigenvalue weighted by Gasteiger charge is -2.31. The molecule has 2 nitrogen and oxygen atoms in total. The Hall–Kier alpha value is -1.80. The predicted molar refractivity (Wildman–Crippen MR) is 87.3 cm³/mol. The molecule has 0 aromatic heterocycles. The molecule has 2 aromatic rings. The molecule has 0 saturated heterocycles. The zero-order valence-corrected chi connectivity index (χ0v) is 12.9. The van der Waals surface area contributed by atoms with Crippen molar-refractivity contribution in [3.8, 4) is 0 Å². The lowest BCUT2D eigenvalue weighted by molar-refractivity contribution is 0.676. The maximum absolute atomic E-state index is 6.05. The highest BCUT2D eigenvalue weighted by atomic mass is 15.1. The largest absolute Gasteiger partial charge is 0.366 e. The zero-order valence-electron chi connectivity index (χ0n) is 12.9. The normalized spacial score (nSPS) is 12.2. The van der Waals surface area contributed by atoms with Crippen molar-refractivity contribution in [2.75, 3.05) is 18.5 Å². The van der Waals surface area contributed by atoms with Crippen LogP contribution in [0.15, 0.2) is 42.5 Å². The van der Waals surface area contributed by atoms with Gasteiger partial charge in [0, 0.05) is 19.3 Å². The monoisotopic (exact) mass is 268 g/mol. The highest BCUT2D eigenvalue weighted by molar-refractivity contribution is 5.51. The van der Waals surface area contributed by atoms with Crippen LogP contribution in [0, 0.1) is 20.8 Å². The molecule has 106 valence electrons. The third-order valence-electron chi connectivity index (χ3n) is 3.88. The van der Waals surface area contributed by atoms with E-state index in [0.717, 1.165) is 0 Å².